The van der Waals surface area contributed by atoms with Crippen LogP contribution in [-0.2, 0) is 0 Å². The van der Waals surface area contributed by atoms with Crippen molar-refractivity contribution in [3.8, 4) is 10.6 Å². The molecule has 0 spiro atoms. The lowest BCUT2D eigenvalue weighted by Gasteiger charge is -1.93. The van der Waals surface area contributed by atoms with E-state index in [0.717, 1.165) is 0 Å². The quantitative estimate of drug-likeness (QED) is 0.687. The lowest BCUT2D eigenvalue weighted by atomic mass is 10.2. The third-order valence-corrected chi connectivity index (χ3v) is 3.07. The van der Waals surface area contributed by atoms with Gasteiger partial charge in [-0.2, -0.15) is 0 Å². The van der Waals surface area contributed by atoms with Crippen molar-refractivity contribution in [1.29, 1.82) is 0 Å². The summed E-state index contributed by atoms with van der Waals surface area (Å²) in [7, 11) is 0. The maximum atomic E-state index is 3.22. The summed E-state index contributed by atoms with van der Waals surface area (Å²) in [6.45, 7) is 4.30. The van der Waals surface area contributed by atoms with Crippen molar-refractivity contribution < 1.29 is 0 Å². The Morgan fingerprint density at radius 3 is 2.67 bits per heavy atom. The molecule has 62 valence electrons. The third-order valence-electron chi connectivity index (χ3n) is 1.88. The Labute approximate surface area is 76.1 Å². The number of hydrogen-bond acceptors (Lipinski definition) is 1. The van der Waals surface area contributed by atoms with E-state index in [1.54, 1.807) is 0 Å². The number of aromatic nitrogens is 1. The highest BCUT2D eigenvalue weighted by atomic mass is 32.1. The number of nitrogens with one attached hydrogen (secondary N) is 1. The van der Waals surface area contributed by atoms with Gasteiger partial charge < -0.3 is 4.98 Å². The highest BCUT2D eigenvalue weighted by molar-refractivity contribution is 7.15. The van der Waals surface area contributed by atoms with Gasteiger partial charge in [0.2, 0.25) is 0 Å². The molecule has 0 saturated heterocycles. The number of hydrogen-bond donors (Lipinski definition) is 1. The molecule has 0 aliphatic heterocycles. The van der Waals surface area contributed by atoms with Crippen LogP contribution in [0.4, 0.5) is 0 Å². The van der Waals surface area contributed by atoms with Crippen LogP contribution in [0, 0.1) is 13.8 Å². The van der Waals surface area contributed by atoms with Gasteiger partial charge in [0.05, 0.1) is 10.6 Å². The summed E-state index contributed by atoms with van der Waals surface area (Å²) in [5.41, 5.74) is 2.59. The topological polar surface area (TPSA) is 15.8 Å². The molecule has 1 nitrogen and oxygen atoms in total. The lowest BCUT2D eigenvalue weighted by Crippen LogP contribution is -1.72. The molecule has 0 atom stereocenters. The van der Waals surface area contributed by atoms with Crippen molar-refractivity contribution in [2.24, 2.45) is 0 Å². The lowest BCUT2D eigenvalue weighted by molar-refractivity contribution is 1.40. The van der Waals surface area contributed by atoms with Crippen LogP contribution in [0.25, 0.3) is 10.6 Å². The zero-order valence-corrected chi connectivity index (χ0v) is 8.03. The summed E-state index contributed by atoms with van der Waals surface area (Å²) in [5, 5.41) is 0. The maximum absolute atomic E-state index is 3.22. The predicted molar refractivity (Wildman–Crippen MR) is 53.6 cm³/mol. The van der Waals surface area contributed by atoms with E-state index < -0.39 is 0 Å². The van der Waals surface area contributed by atoms with Crippen molar-refractivity contribution in [2.75, 3.05) is 0 Å². The summed E-state index contributed by atoms with van der Waals surface area (Å²) < 4.78 is 0. The van der Waals surface area contributed by atoms with Gasteiger partial charge in [-0.1, -0.05) is 0 Å². The SMILES string of the molecule is Cc1cc(C)c(-c2ccc[nH]2)s1. The van der Waals surface area contributed by atoms with Crippen molar-refractivity contribution in [3.63, 3.8) is 0 Å². The second-order valence-electron chi connectivity index (χ2n) is 2.95. The van der Waals surface area contributed by atoms with E-state index in [2.05, 4.69) is 31.0 Å². The van der Waals surface area contributed by atoms with Crippen LogP contribution < -0.4 is 0 Å². The summed E-state index contributed by atoms with van der Waals surface area (Å²) in [5.74, 6) is 0. The van der Waals surface area contributed by atoms with E-state index in [0.29, 0.717) is 0 Å². The Morgan fingerprint density at radius 2 is 2.17 bits per heavy atom. The van der Waals surface area contributed by atoms with E-state index in [1.807, 2.05) is 23.6 Å². The van der Waals surface area contributed by atoms with Gasteiger partial charge in [-0.15, -0.1) is 11.3 Å². The molecular formula is C10H11NS. The second-order valence-corrected chi connectivity index (χ2v) is 4.21. The van der Waals surface area contributed by atoms with E-state index in [9.17, 15) is 0 Å². The predicted octanol–water partition coefficient (Wildman–Crippen LogP) is 3.36. The molecule has 0 unspecified atom stereocenters. The molecule has 12 heavy (non-hydrogen) atoms. The fraction of sp³-hybridized carbons (Fsp3) is 0.200. The number of H-pyrrole nitrogens is 1. The Hall–Kier alpha value is -1.02. The fourth-order valence-electron chi connectivity index (χ4n) is 1.38. The van der Waals surface area contributed by atoms with Gasteiger partial charge in [-0.25, -0.2) is 0 Å². The largest absolute Gasteiger partial charge is 0.361 e. The van der Waals surface area contributed by atoms with Crippen molar-refractivity contribution in [1.82, 2.24) is 4.98 Å². The molecule has 1 N–H and O–H groups in total. The number of aromatic amines is 1. The Morgan fingerprint density at radius 1 is 1.33 bits per heavy atom. The van der Waals surface area contributed by atoms with Crippen LogP contribution in [0.3, 0.4) is 0 Å². The molecule has 0 aromatic carbocycles. The van der Waals surface area contributed by atoms with Gasteiger partial charge in [-0.3, -0.25) is 0 Å². The molecule has 2 heterocycles. The molecule has 0 fully saturated rings. The molecule has 0 bridgehead atoms. The summed E-state index contributed by atoms with van der Waals surface area (Å²) in [4.78, 5) is 5.95. The first-order chi connectivity index (χ1) is 5.77. The van der Waals surface area contributed by atoms with Gasteiger partial charge in [0, 0.05) is 11.1 Å². The van der Waals surface area contributed by atoms with Gasteiger partial charge in [0.15, 0.2) is 0 Å². The zero-order valence-electron chi connectivity index (χ0n) is 7.22. The van der Waals surface area contributed by atoms with Gasteiger partial charge in [0.25, 0.3) is 0 Å². The van der Waals surface area contributed by atoms with Crippen LogP contribution in [0.15, 0.2) is 24.4 Å². The molecule has 0 aliphatic carbocycles. The maximum Gasteiger partial charge on any atom is 0.0558 e. The van der Waals surface area contributed by atoms with Crippen LogP contribution in [0.5, 0.6) is 0 Å². The second kappa shape index (κ2) is 2.79. The molecule has 0 aliphatic rings. The fourth-order valence-corrected chi connectivity index (χ4v) is 2.39. The molecule has 2 heteroatoms. The Kier molecular flexibility index (Phi) is 1.77. The molecule has 0 radical (unpaired) electrons. The standard InChI is InChI=1S/C10H11NS/c1-7-6-8(2)12-10(7)9-4-3-5-11-9/h3-6,11H,1-2H3. The molecule has 2 rings (SSSR count). The average molecular weight is 177 g/mol. The number of thiophene rings is 1. The zero-order chi connectivity index (χ0) is 8.55. The summed E-state index contributed by atoms with van der Waals surface area (Å²) in [6.07, 6.45) is 1.96. The molecule has 0 amide bonds. The van der Waals surface area contributed by atoms with Crippen LogP contribution in [0.1, 0.15) is 10.4 Å². The minimum atomic E-state index is 1.23. The number of aryl methyl sites for hydroxylation is 2. The van der Waals surface area contributed by atoms with Gasteiger partial charge in [0.1, 0.15) is 0 Å². The Bertz CT molecular complexity index is 370. The van der Waals surface area contributed by atoms with E-state index >= 15 is 0 Å². The molecular weight excluding hydrogens is 166 g/mol. The first-order valence-corrected chi connectivity index (χ1v) is 4.80. The Balaban J connectivity index is 2.54. The van der Waals surface area contributed by atoms with Gasteiger partial charge >= 0.3 is 0 Å². The number of rotatable bonds is 1. The summed E-state index contributed by atoms with van der Waals surface area (Å²) in [6, 6.07) is 6.36. The highest BCUT2D eigenvalue weighted by Gasteiger charge is 2.04. The minimum absolute atomic E-state index is 1.23. The van der Waals surface area contributed by atoms with E-state index in [1.165, 1.54) is 21.0 Å². The third kappa shape index (κ3) is 1.18. The first kappa shape index (κ1) is 7.62. The monoisotopic (exact) mass is 177 g/mol. The van der Waals surface area contributed by atoms with Crippen LogP contribution >= 0.6 is 11.3 Å². The minimum Gasteiger partial charge on any atom is -0.361 e. The normalized spacial score (nSPS) is 10.5. The molecule has 2 aromatic heterocycles. The highest BCUT2D eigenvalue weighted by Crippen LogP contribution is 2.30. The average Bonchev–Trinajstić information content (AvgIpc) is 2.58. The van der Waals surface area contributed by atoms with Crippen LogP contribution in [0.2, 0.25) is 0 Å². The van der Waals surface area contributed by atoms with E-state index in [4.69, 9.17) is 0 Å². The molecule has 0 saturated carbocycles. The van der Waals surface area contributed by atoms with Crippen LogP contribution in [-0.4, -0.2) is 4.98 Å². The van der Waals surface area contributed by atoms with Gasteiger partial charge in [-0.05, 0) is 37.6 Å². The first-order valence-electron chi connectivity index (χ1n) is 3.98. The van der Waals surface area contributed by atoms with Crippen molar-refractivity contribution in [3.05, 3.63) is 34.8 Å². The van der Waals surface area contributed by atoms with E-state index in [-0.39, 0.29) is 0 Å². The molecule has 2 aromatic rings. The van der Waals surface area contributed by atoms with Crippen molar-refractivity contribution in [2.45, 2.75) is 13.8 Å². The smallest absolute Gasteiger partial charge is 0.0558 e. The summed E-state index contributed by atoms with van der Waals surface area (Å²) >= 11 is 1.84. The van der Waals surface area contributed by atoms with Crippen molar-refractivity contribution >= 4 is 11.3 Å².